The number of hydrogen-bond acceptors (Lipinski definition) is 8. The fourth-order valence-corrected chi connectivity index (χ4v) is 6.57. The standard InChI is InChI=1S/C31H44FN3O8S/c1-39-12-13-40-14-15-41-16-17-42-18-19-43-20-21-44(37,38)35-10-8-26(9-11-35)25-3-6-30(7-4-25)33-31(36)34-23-27-2-5-29(32)22-28(27)24-34/h2-7,22,26H,8-21,23-24H2,1H3,(H,33,36). The van der Waals surface area contributed by atoms with Gasteiger partial charge in [-0.25, -0.2) is 21.9 Å². The molecule has 0 aliphatic carbocycles. The van der Waals surface area contributed by atoms with E-state index in [-0.39, 0.29) is 30.1 Å². The molecule has 2 aromatic carbocycles. The largest absolute Gasteiger partial charge is 0.382 e. The Hall–Kier alpha value is -2.65. The lowest BCUT2D eigenvalue weighted by molar-refractivity contribution is -0.00669. The minimum Gasteiger partial charge on any atom is -0.382 e. The second-order valence-electron chi connectivity index (χ2n) is 10.8. The number of anilines is 1. The summed E-state index contributed by atoms with van der Waals surface area (Å²) in [5, 5.41) is 2.92. The van der Waals surface area contributed by atoms with Gasteiger partial charge in [0.25, 0.3) is 0 Å². The van der Waals surface area contributed by atoms with E-state index < -0.39 is 10.0 Å². The number of methoxy groups -OCH3 is 1. The van der Waals surface area contributed by atoms with Crippen LogP contribution in [0.1, 0.15) is 35.4 Å². The van der Waals surface area contributed by atoms with Gasteiger partial charge in [0.15, 0.2) is 0 Å². The third kappa shape index (κ3) is 10.8. The molecule has 4 rings (SSSR count). The van der Waals surface area contributed by atoms with E-state index in [9.17, 15) is 17.6 Å². The topological polar surface area (TPSA) is 116 Å². The van der Waals surface area contributed by atoms with Crippen LogP contribution in [-0.2, 0) is 46.8 Å². The number of amides is 2. The summed E-state index contributed by atoms with van der Waals surface area (Å²) in [6.45, 7) is 5.55. The molecular formula is C31H44FN3O8S. The molecule has 1 fully saturated rings. The predicted octanol–water partition coefficient (Wildman–Crippen LogP) is 3.60. The molecule has 13 heteroatoms. The van der Waals surface area contributed by atoms with Gasteiger partial charge in [-0.05, 0) is 59.7 Å². The van der Waals surface area contributed by atoms with Gasteiger partial charge in [-0.2, -0.15) is 0 Å². The molecule has 0 unspecified atom stereocenters. The highest BCUT2D eigenvalue weighted by Crippen LogP contribution is 2.30. The zero-order chi connectivity index (χ0) is 31.2. The molecule has 1 saturated heterocycles. The quantitative estimate of drug-likeness (QED) is 0.247. The van der Waals surface area contributed by atoms with Crippen LogP contribution in [0.2, 0.25) is 0 Å². The van der Waals surface area contributed by atoms with Crippen LogP contribution in [0.3, 0.4) is 0 Å². The second kappa shape index (κ2) is 17.7. The predicted molar refractivity (Wildman–Crippen MR) is 164 cm³/mol. The van der Waals surface area contributed by atoms with E-state index >= 15 is 0 Å². The van der Waals surface area contributed by atoms with Crippen LogP contribution >= 0.6 is 0 Å². The number of fused-ring (bicyclic) bond motifs is 1. The number of nitrogens with one attached hydrogen (secondary N) is 1. The molecule has 2 aliphatic rings. The molecular weight excluding hydrogens is 593 g/mol. The fraction of sp³-hybridized carbons (Fsp3) is 0.581. The summed E-state index contributed by atoms with van der Waals surface area (Å²) in [6.07, 6.45) is 1.45. The van der Waals surface area contributed by atoms with Gasteiger partial charge in [-0.15, -0.1) is 0 Å². The maximum atomic E-state index is 13.5. The van der Waals surface area contributed by atoms with Crippen molar-refractivity contribution in [1.29, 1.82) is 0 Å². The normalized spacial score (nSPS) is 15.9. The molecule has 2 aliphatic heterocycles. The highest BCUT2D eigenvalue weighted by molar-refractivity contribution is 7.89. The fourth-order valence-electron chi connectivity index (χ4n) is 5.21. The van der Waals surface area contributed by atoms with Gasteiger partial charge in [0.05, 0.1) is 65.2 Å². The molecule has 0 aromatic heterocycles. The molecule has 0 radical (unpaired) electrons. The van der Waals surface area contributed by atoms with E-state index in [4.69, 9.17) is 23.7 Å². The summed E-state index contributed by atoms with van der Waals surface area (Å²) in [4.78, 5) is 14.4. The van der Waals surface area contributed by atoms with E-state index in [1.54, 1.807) is 22.4 Å². The van der Waals surface area contributed by atoms with Gasteiger partial charge in [-0.3, -0.25) is 0 Å². The molecule has 2 amide bonds. The van der Waals surface area contributed by atoms with Crippen LogP contribution in [0, 0.1) is 5.82 Å². The van der Waals surface area contributed by atoms with Crippen molar-refractivity contribution < 1.29 is 41.3 Å². The van der Waals surface area contributed by atoms with Crippen LogP contribution in [-0.4, -0.2) is 109 Å². The van der Waals surface area contributed by atoms with Crippen molar-refractivity contribution >= 4 is 21.7 Å². The van der Waals surface area contributed by atoms with Crippen LogP contribution in [0.25, 0.3) is 0 Å². The van der Waals surface area contributed by atoms with Gasteiger partial charge >= 0.3 is 6.03 Å². The monoisotopic (exact) mass is 637 g/mol. The minimum absolute atomic E-state index is 0.0602. The number of sulfonamides is 1. The summed E-state index contributed by atoms with van der Waals surface area (Å²) in [5.74, 6) is -0.115. The number of ether oxygens (including phenoxy) is 5. The lowest BCUT2D eigenvalue weighted by Crippen LogP contribution is -2.40. The number of nitrogens with zero attached hydrogens (tertiary/aromatic N) is 2. The van der Waals surface area contributed by atoms with Crippen LogP contribution in [0.4, 0.5) is 14.9 Å². The molecule has 0 atom stereocenters. The molecule has 1 N–H and O–H groups in total. The zero-order valence-corrected chi connectivity index (χ0v) is 26.2. The third-order valence-electron chi connectivity index (χ3n) is 7.69. The van der Waals surface area contributed by atoms with Gasteiger partial charge in [0.1, 0.15) is 5.82 Å². The lowest BCUT2D eigenvalue weighted by Gasteiger charge is -2.31. The Morgan fingerprint density at radius 1 is 0.818 bits per heavy atom. The summed E-state index contributed by atoms with van der Waals surface area (Å²) in [7, 11) is -1.78. The van der Waals surface area contributed by atoms with Crippen molar-refractivity contribution in [3.63, 3.8) is 0 Å². The third-order valence-corrected chi connectivity index (χ3v) is 9.53. The number of halogens is 1. The van der Waals surface area contributed by atoms with Gasteiger partial charge < -0.3 is 33.9 Å². The first kappa shape index (κ1) is 34.2. The Morgan fingerprint density at radius 3 is 2.00 bits per heavy atom. The first-order valence-electron chi connectivity index (χ1n) is 15.1. The number of benzene rings is 2. The summed E-state index contributed by atoms with van der Waals surface area (Å²) >= 11 is 0. The average molecular weight is 638 g/mol. The molecule has 2 heterocycles. The second-order valence-corrected chi connectivity index (χ2v) is 12.8. The van der Waals surface area contributed by atoms with E-state index in [0.29, 0.717) is 84.7 Å². The summed E-state index contributed by atoms with van der Waals surface area (Å²) < 4.78 is 67.2. The van der Waals surface area contributed by atoms with Crippen molar-refractivity contribution in [3.8, 4) is 0 Å². The molecule has 0 spiro atoms. The molecule has 2 aromatic rings. The smallest absolute Gasteiger partial charge is 0.322 e. The summed E-state index contributed by atoms with van der Waals surface area (Å²) in [5.41, 5.74) is 3.58. The Labute approximate surface area is 259 Å². The van der Waals surface area contributed by atoms with Crippen molar-refractivity contribution in [2.75, 3.05) is 90.7 Å². The summed E-state index contributed by atoms with van der Waals surface area (Å²) in [6, 6.07) is 12.1. The van der Waals surface area contributed by atoms with Crippen LogP contribution in [0.15, 0.2) is 42.5 Å². The zero-order valence-electron chi connectivity index (χ0n) is 25.4. The van der Waals surface area contributed by atoms with Crippen molar-refractivity contribution in [2.24, 2.45) is 0 Å². The lowest BCUT2D eigenvalue weighted by atomic mass is 9.90. The van der Waals surface area contributed by atoms with Crippen molar-refractivity contribution in [3.05, 3.63) is 65.0 Å². The Kier molecular flexibility index (Phi) is 13.8. The van der Waals surface area contributed by atoms with Crippen molar-refractivity contribution in [2.45, 2.75) is 31.8 Å². The number of carbonyl (C=O) groups is 1. The highest BCUT2D eigenvalue weighted by Gasteiger charge is 2.29. The van der Waals surface area contributed by atoms with Gasteiger partial charge in [0, 0.05) is 39.0 Å². The number of hydrogen-bond donors (Lipinski definition) is 1. The first-order valence-corrected chi connectivity index (χ1v) is 16.7. The molecule has 0 bridgehead atoms. The Bertz CT molecular complexity index is 1270. The maximum absolute atomic E-state index is 13.5. The van der Waals surface area contributed by atoms with Gasteiger partial charge in [0.2, 0.25) is 10.0 Å². The molecule has 44 heavy (non-hydrogen) atoms. The number of rotatable bonds is 18. The van der Waals surface area contributed by atoms with Crippen LogP contribution in [0.5, 0.6) is 0 Å². The van der Waals surface area contributed by atoms with E-state index in [2.05, 4.69) is 5.32 Å². The maximum Gasteiger partial charge on any atom is 0.322 e. The minimum atomic E-state index is -3.40. The van der Waals surface area contributed by atoms with Crippen molar-refractivity contribution in [1.82, 2.24) is 9.21 Å². The number of urea groups is 1. The van der Waals surface area contributed by atoms with E-state index in [1.165, 1.54) is 12.1 Å². The average Bonchev–Trinajstić information content (AvgIpc) is 3.45. The van der Waals surface area contributed by atoms with Gasteiger partial charge in [-0.1, -0.05) is 18.2 Å². The Balaban J connectivity index is 1.06. The molecule has 0 saturated carbocycles. The first-order chi connectivity index (χ1) is 21.4. The van der Waals surface area contributed by atoms with E-state index in [0.717, 1.165) is 29.5 Å². The highest BCUT2D eigenvalue weighted by atomic mass is 32.2. The van der Waals surface area contributed by atoms with E-state index in [1.807, 2.05) is 24.3 Å². The van der Waals surface area contributed by atoms with Crippen LogP contribution < -0.4 is 5.32 Å². The molecule has 244 valence electrons. The number of piperidine rings is 1. The Morgan fingerprint density at radius 2 is 1.39 bits per heavy atom. The molecule has 11 nitrogen and oxygen atoms in total. The number of carbonyl (C=O) groups excluding carboxylic acids is 1. The SMILES string of the molecule is COCCOCCOCCOCCOCCS(=O)(=O)N1CCC(c2ccc(NC(=O)N3Cc4ccc(F)cc4C3)cc2)CC1.